The van der Waals surface area contributed by atoms with Crippen LogP contribution in [0.4, 0.5) is 13.2 Å². The largest absolute Gasteiger partial charge is 0.573 e. The van der Waals surface area contributed by atoms with Crippen LogP contribution < -0.4 is 9.47 Å². The van der Waals surface area contributed by atoms with Crippen molar-refractivity contribution in [3.05, 3.63) is 54.1 Å². The fraction of sp³-hybridized carbons (Fsp3) is 0.294. The number of alkyl halides is 3. The second kappa shape index (κ2) is 6.57. The van der Waals surface area contributed by atoms with E-state index in [0.717, 1.165) is 23.8 Å². The van der Waals surface area contributed by atoms with E-state index in [0.29, 0.717) is 5.75 Å². The number of thioether (sulfide) groups is 1. The average Bonchev–Trinajstić information content (AvgIpc) is 3.27. The molecule has 7 heteroatoms. The second-order valence-corrected chi connectivity index (χ2v) is 6.82. The number of benzene rings is 2. The van der Waals surface area contributed by atoms with Crippen molar-refractivity contribution in [3.63, 3.8) is 0 Å². The number of hydrogen-bond donors (Lipinski definition) is 1. The van der Waals surface area contributed by atoms with E-state index in [1.165, 1.54) is 12.1 Å². The van der Waals surface area contributed by atoms with Crippen molar-refractivity contribution in [1.82, 2.24) is 0 Å². The SMILES string of the molecule is OCc1cc(OC(F)(F)F)ccc1OC1(Sc2ccccc2)CC1. The van der Waals surface area contributed by atoms with Crippen LogP contribution in [0.1, 0.15) is 18.4 Å². The minimum atomic E-state index is -4.77. The zero-order valence-electron chi connectivity index (χ0n) is 12.5. The summed E-state index contributed by atoms with van der Waals surface area (Å²) in [5, 5.41) is 9.42. The molecule has 3 rings (SSSR count). The fourth-order valence-electron chi connectivity index (χ4n) is 2.21. The molecule has 0 aromatic heterocycles. The van der Waals surface area contributed by atoms with Crippen molar-refractivity contribution in [2.75, 3.05) is 0 Å². The summed E-state index contributed by atoms with van der Waals surface area (Å²) in [5.41, 5.74) is 0.261. The Kier molecular flexibility index (Phi) is 4.64. The summed E-state index contributed by atoms with van der Waals surface area (Å²) >= 11 is 1.57. The number of rotatable bonds is 6. The highest BCUT2D eigenvalue weighted by Gasteiger charge is 2.47. The Morgan fingerprint density at radius 2 is 1.79 bits per heavy atom. The van der Waals surface area contributed by atoms with Crippen LogP contribution in [0, 0.1) is 0 Å². The maximum Gasteiger partial charge on any atom is 0.573 e. The van der Waals surface area contributed by atoms with Crippen LogP contribution in [0.2, 0.25) is 0 Å². The van der Waals surface area contributed by atoms with Crippen molar-refractivity contribution >= 4 is 11.8 Å². The summed E-state index contributed by atoms with van der Waals surface area (Å²) in [6.45, 7) is -0.434. The van der Waals surface area contributed by atoms with Gasteiger partial charge in [0.2, 0.25) is 0 Å². The van der Waals surface area contributed by atoms with Crippen LogP contribution in [0.25, 0.3) is 0 Å². The van der Waals surface area contributed by atoms with Crippen molar-refractivity contribution in [2.45, 2.75) is 35.6 Å². The quantitative estimate of drug-likeness (QED) is 0.759. The molecule has 3 nitrogen and oxygen atoms in total. The minimum absolute atomic E-state index is 0.261. The van der Waals surface area contributed by atoms with Crippen LogP contribution in [0.5, 0.6) is 11.5 Å². The molecule has 2 aromatic rings. The summed E-state index contributed by atoms with van der Waals surface area (Å²) in [6.07, 6.45) is -3.10. The van der Waals surface area contributed by atoms with E-state index in [-0.39, 0.29) is 11.3 Å². The first kappa shape index (κ1) is 17.0. The number of hydrogen-bond acceptors (Lipinski definition) is 4. The summed E-state index contributed by atoms with van der Waals surface area (Å²) in [5.74, 6) is -0.00702. The smallest absolute Gasteiger partial charge is 0.476 e. The normalized spacial score (nSPS) is 15.8. The second-order valence-electron chi connectivity index (χ2n) is 5.40. The molecular weight excluding hydrogens is 341 g/mol. The standard InChI is InChI=1S/C17H15F3O3S/c18-17(19,20)22-13-6-7-15(12(10-13)11-21)23-16(8-9-16)24-14-4-2-1-3-5-14/h1-7,10,21H,8-9,11H2. The predicted octanol–water partition coefficient (Wildman–Crippen LogP) is 4.74. The third-order valence-electron chi connectivity index (χ3n) is 3.44. The van der Waals surface area contributed by atoms with E-state index >= 15 is 0 Å². The molecule has 24 heavy (non-hydrogen) atoms. The van der Waals surface area contributed by atoms with Crippen LogP contribution in [0.3, 0.4) is 0 Å². The lowest BCUT2D eigenvalue weighted by Gasteiger charge is -2.20. The molecule has 0 radical (unpaired) electrons. The van der Waals surface area contributed by atoms with E-state index < -0.39 is 17.9 Å². The zero-order chi connectivity index (χ0) is 17.2. The molecule has 0 bridgehead atoms. The van der Waals surface area contributed by atoms with Gasteiger partial charge in [0.05, 0.1) is 6.61 Å². The van der Waals surface area contributed by atoms with Crippen LogP contribution in [-0.4, -0.2) is 16.4 Å². The molecule has 0 atom stereocenters. The monoisotopic (exact) mass is 356 g/mol. The summed E-state index contributed by atoms with van der Waals surface area (Å²) in [6, 6.07) is 13.5. The van der Waals surface area contributed by atoms with Gasteiger partial charge in [-0.25, -0.2) is 0 Å². The highest BCUT2D eigenvalue weighted by atomic mass is 32.2. The molecule has 1 aliphatic carbocycles. The maximum absolute atomic E-state index is 12.3. The molecule has 0 unspecified atom stereocenters. The van der Waals surface area contributed by atoms with Crippen LogP contribution in [0.15, 0.2) is 53.4 Å². The summed E-state index contributed by atoms with van der Waals surface area (Å²) in [4.78, 5) is 0.620. The van der Waals surface area contributed by atoms with Gasteiger partial charge in [-0.3, -0.25) is 0 Å². The van der Waals surface area contributed by atoms with Gasteiger partial charge in [0.1, 0.15) is 11.5 Å². The van der Waals surface area contributed by atoms with Gasteiger partial charge in [0.25, 0.3) is 0 Å². The topological polar surface area (TPSA) is 38.7 Å². The first-order chi connectivity index (χ1) is 11.4. The first-order valence-electron chi connectivity index (χ1n) is 7.32. The highest BCUT2D eigenvalue weighted by molar-refractivity contribution is 8.00. The van der Waals surface area contributed by atoms with Crippen molar-refractivity contribution in [2.24, 2.45) is 0 Å². The third kappa shape index (κ3) is 4.36. The van der Waals surface area contributed by atoms with E-state index in [1.807, 2.05) is 30.3 Å². The number of ether oxygens (including phenoxy) is 2. The lowest BCUT2D eigenvalue weighted by molar-refractivity contribution is -0.274. The van der Waals surface area contributed by atoms with Gasteiger partial charge in [-0.1, -0.05) is 30.0 Å². The van der Waals surface area contributed by atoms with E-state index in [9.17, 15) is 18.3 Å². The Hall–Kier alpha value is -1.86. The van der Waals surface area contributed by atoms with Gasteiger partial charge in [-0.05, 0) is 30.3 Å². The average molecular weight is 356 g/mol. The number of aliphatic hydroxyl groups excluding tert-OH is 1. The van der Waals surface area contributed by atoms with Crippen LogP contribution in [-0.2, 0) is 6.61 Å². The van der Waals surface area contributed by atoms with Crippen molar-refractivity contribution < 1.29 is 27.8 Å². The highest BCUT2D eigenvalue weighted by Crippen LogP contribution is 2.53. The fourth-order valence-corrected chi connectivity index (χ4v) is 3.37. The number of aliphatic hydroxyl groups is 1. The Morgan fingerprint density at radius 1 is 1.08 bits per heavy atom. The Morgan fingerprint density at radius 3 is 2.38 bits per heavy atom. The lowest BCUT2D eigenvalue weighted by Crippen LogP contribution is -2.18. The van der Waals surface area contributed by atoms with Gasteiger partial charge in [0.15, 0.2) is 4.93 Å². The molecule has 2 aromatic carbocycles. The van der Waals surface area contributed by atoms with Gasteiger partial charge < -0.3 is 14.6 Å². The Labute approximate surface area is 141 Å². The summed E-state index contributed by atoms with van der Waals surface area (Å²) in [7, 11) is 0. The molecular formula is C17H15F3O3S. The lowest BCUT2D eigenvalue weighted by atomic mass is 10.2. The Bertz CT molecular complexity index is 700. The molecule has 1 saturated carbocycles. The van der Waals surface area contributed by atoms with E-state index in [2.05, 4.69) is 4.74 Å². The zero-order valence-corrected chi connectivity index (χ0v) is 13.4. The van der Waals surface area contributed by atoms with E-state index in [4.69, 9.17) is 4.74 Å². The number of halogens is 3. The molecule has 128 valence electrons. The van der Waals surface area contributed by atoms with Gasteiger partial charge in [-0.15, -0.1) is 13.2 Å². The molecule has 0 aliphatic heterocycles. The minimum Gasteiger partial charge on any atom is -0.476 e. The molecule has 0 saturated heterocycles. The first-order valence-corrected chi connectivity index (χ1v) is 8.13. The van der Waals surface area contributed by atoms with Gasteiger partial charge in [-0.2, -0.15) is 0 Å². The summed E-state index contributed by atoms with van der Waals surface area (Å²) < 4.78 is 46.7. The molecule has 1 fully saturated rings. The van der Waals surface area contributed by atoms with Gasteiger partial charge in [0, 0.05) is 23.3 Å². The molecule has 0 heterocycles. The van der Waals surface area contributed by atoms with Crippen molar-refractivity contribution in [3.8, 4) is 11.5 Å². The maximum atomic E-state index is 12.3. The van der Waals surface area contributed by atoms with E-state index in [1.54, 1.807) is 11.8 Å². The predicted molar refractivity (Wildman–Crippen MR) is 83.9 cm³/mol. The molecule has 1 aliphatic rings. The van der Waals surface area contributed by atoms with Crippen molar-refractivity contribution in [1.29, 1.82) is 0 Å². The Balaban J connectivity index is 1.75. The molecule has 1 N–H and O–H groups in total. The van der Waals surface area contributed by atoms with Crippen LogP contribution >= 0.6 is 11.8 Å². The molecule has 0 spiro atoms. The molecule has 0 amide bonds. The third-order valence-corrected chi connectivity index (χ3v) is 4.81. The van der Waals surface area contributed by atoms with Gasteiger partial charge >= 0.3 is 6.36 Å².